The van der Waals surface area contributed by atoms with Crippen LogP contribution in [-0.2, 0) is 0 Å². The molecule has 1 atom stereocenters. The second-order valence-corrected chi connectivity index (χ2v) is 13.7. The highest BCUT2D eigenvalue weighted by Gasteiger charge is 2.46. The second-order valence-electron chi connectivity index (χ2n) is 13.3. The molecule has 6 rings (SSSR count). The maximum absolute atomic E-state index is 14.0. The molecule has 0 spiro atoms. The number of pyridine rings is 1. The number of amides is 3. The van der Waals surface area contributed by atoms with Gasteiger partial charge in [-0.05, 0) is 76.5 Å². The molecular weight excluding hydrogens is 546 g/mol. The Morgan fingerprint density at radius 1 is 0.929 bits per heavy atom. The lowest BCUT2D eigenvalue weighted by atomic mass is 9.85. The van der Waals surface area contributed by atoms with Crippen molar-refractivity contribution < 1.29 is 9.59 Å². The Morgan fingerprint density at radius 2 is 1.60 bits per heavy atom. The summed E-state index contributed by atoms with van der Waals surface area (Å²) in [6.45, 7) is 10.5. The van der Waals surface area contributed by atoms with Crippen LogP contribution in [0.1, 0.15) is 97.9 Å². The summed E-state index contributed by atoms with van der Waals surface area (Å²) in [4.78, 5) is 40.9. The summed E-state index contributed by atoms with van der Waals surface area (Å²) >= 11 is 6.11. The third kappa shape index (κ3) is 5.67. The van der Waals surface area contributed by atoms with E-state index in [2.05, 4.69) is 56.9 Å². The van der Waals surface area contributed by atoms with Gasteiger partial charge in [0, 0.05) is 50.3 Å². The SMILES string of the molecule is Cc1cc(Cl)nc(C)c1C(=O)N1CCC(C)(N2CCC(N3C(=O)N(C4CCCCC4)C[C@H]3c3ccccc3)CC2)CC1. The number of carbonyl (C=O) groups is 2. The standard InChI is InChI=1S/C34H46ClN5O2/c1-24-22-30(35)36-25(2)31(24)32(41)37-20-16-34(3,17-21-37)38-18-14-28(15-19-38)40-29(26-10-6-4-7-11-26)23-39(33(40)42)27-12-8-5-9-13-27/h4,6-7,10-11,22,27-29H,5,8-9,12-21,23H2,1-3H3/t29-/m0/s1. The van der Waals surface area contributed by atoms with Crippen LogP contribution in [0, 0.1) is 13.8 Å². The van der Waals surface area contributed by atoms with Crippen molar-refractivity contribution in [3.8, 4) is 0 Å². The summed E-state index contributed by atoms with van der Waals surface area (Å²) in [7, 11) is 0. The fourth-order valence-electron chi connectivity index (χ4n) is 8.14. The number of rotatable bonds is 5. The number of urea groups is 1. The lowest BCUT2D eigenvalue weighted by Crippen LogP contribution is -2.58. The average molecular weight is 592 g/mol. The quantitative estimate of drug-likeness (QED) is 0.367. The van der Waals surface area contributed by atoms with Crippen LogP contribution in [0.4, 0.5) is 4.79 Å². The predicted octanol–water partition coefficient (Wildman–Crippen LogP) is 6.62. The molecule has 0 bridgehead atoms. The summed E-state index contributed by atoms with van der Waals surface area (Å²) in [6.07, 6.45) is 9.96. The highest BCUT2D eigenvalue weighted by atomic mass is 35.5. The van der Waals surface area contributed by atoms with Crippen LogP contribution in [0.25, 0.3) is 0 Å². The number of aryl methyl sites for hydroxylation is 2. The molecule has 1 aromatic carbocycles. The minimum absolute atomic E-state index is 0.0616. The van der Waals surface area contributed by atoms with E-state index in [-0.39, 0.29) is 29.6 Å². The number of halogens is 1. The van der Waals surface area contributed by atoms with E-state index in [0.717, 1.165) is 76.8 Å². The fourth-order valence-corrected chi connectivity index (χ4v) is 8.43. The predicted molar refractivity (Wildman–Crippen MR) is 167 cm³/mol. The molecule has 8 heteroatoms. The zero-order chi connectivity index (χ0) is 29.4. The molecule has 3 amide bonds. The van der Waals surface area contributed by atoms with Gasteiger partial charge >= 0.3 is 6.03 Å². The first kappa shape index (κ1) is 29.4. The van der Waals surface area contributed by atoms with Crippen LogP contribution in [0.15, 0.2) is 36.4 Å². The van der Waals surface area contributed by atoms with Crippen LogP contribution >= 0.6 is 11.6 Å². The Hall–Kier alpha value is -2.64. The first-order valence-electron chi connectivity index (χ1n) is 16.1. The first-order valence-corrected chi connectivity index (χ1v) is 16.4. The van der Waals surface area contributed by atoms with E-state index >= 15 is 0 Å². The topological polar surface area (TPSA) is 60.0 Å². The number of aromatic nitrogens is 1. The van der Waals surface area contributed by atoms with Crippen molar-refractivity contribution in [1.82, 2.24) is 24.6 Å². The van der Waals surface area contributed by atoms with Crippen LogP contribution < -0.4 is 0 Å². The monoisotopic (exact) mass is 591 g/mol. The zero-order valence-corrected chi connectivity index (χ0v) is 26.3. The third-order valence-corrected chi connectivity index (χ3v) is 10.9. The minimum Gasteiger partial charge on any atom is -0.338 e. The number of benzene rings is 1. The Morgan fingerprint density at radius 3 is 2.24 bits per heavy atom. The number of nitrogens with zero attached hydrogens (tertiary/aromatic N) is 5. The molecule has 3 aliphatic heterocycles. The number of hydrogen-bond acceptors (Lipinski definition) is 4. The molecule has 4 aliphatic rings. The van der Waals surface area contributed by atoms with E-state index in [9.17, 15) is 9.59 Å². The molecule has 1 aromatic heterocycles. The van der Waals surface area contributed by atoms with Gasteiger partial charge in [-0.15, -0.1) is 0 Å². The first-order chi connectivity index (χ1) is 20.2. The largest absolute Gasteiger partial charge is 0.338 e. The molecule has 3 saturated heterocycles. The van der Waals surface area contributed by atoms with Crippen molar-refractivity contribution in [2.45, 2.75) is 102 Å². The number of hydrogen-bond donors (Lipinski definition) is 0. The highest BCUT2D eigenvalue weighted by molar-refractivity contribution is 6.29. The van der Waals surface area contributed by atoms with Gasteiger partial charge < -0.3 is 14.7 Å². The lowest BCUT2D eigenvalue weighted by molar-refractivity contribution is 0.00485. The van der Waals surface area contributed by atoms with E-state index < -0.39 is 0 Å². The molecule has 226 valence electrons. The Bertz CT molecular complexity index is 1260. The number of piperidine rings is 2. The van der Waals surface area contributed by atoms with E-state index in [1.165, 1.54) is 24.8 Å². The Balaban J connectivity index is 1.10. The van der Waals surface area contributed by atoms with Gasteiger partial charge in [0.2, 0.25) is 0 Å². The molecule has 1 aliphatic carbocycles. The molecule has 0 radical (unpaired) electrons. The molecule has 1 saturated carbocycles. The molecule has 0 unspecified atom stereocenters. The van der Waals surface area contributed by atoms with Gasteiger partial charge in [0.25, 0.3) is 5.91 Å². The molecule has 7 nitrogen and oxygen atoms in total. The lowest BCUT2D eigenvalue weighted by Gasteiger charge is -2.50. The van der Waals surface area contributed by atoms with Gasteiger partial charge in [-0.1, -0.05) is 61.2 Å². The van der Waals surface area contributed by atoms with Crippen molar-refractivity contribution in [1.29, 1.82) is 0 Å². The normalized spacial score (nSPS) is 24.4. The minimum atomic E-state index is 0.0616. The molecule has 2 aromatic rings. The molecule has 0 N–H and O–H groups in total. The number of likely N-dealkylation sites (tertiary alicyclic amines) is 2. The maximum Gasteiger partial charge on any atom is 0.321 e. The third-order valence-electron chi connectivity index (χ3n) is 10.7. The molecule has 4 fully saturated rings. The summed E-state index contributed by atoms with van der Waals surface area (Å²) in [5, 5.41) is 0.434. The van der Waals surface area contributed by atoms with E-state index in [1.54, 1.807) is 6.07 Å². The summed E-state index contributed by atoms with van der Waals surface area (Å²) < 4.78 is 0. The second kappa shape index (κ2) is 12.2. The van der Waals surface area contributed by atoms with Crippen molar-refractivity contribution in [3.63, 3.8) is 0 Å². The van der Waals surface area contributed by atoms with Crippen molar-refractivity contribution in [2.24, 2.45) is 0 Å². The average Bonchev–Trinajstić information content (AvgIpc) is 3.35. The van der Waals surface area contributed by atoms with Gasteiger partial charge in [0.15, 0.2) is 0 Å². The van der Waals surface area contributed by atoms with Gasteiger partial charge in [0.05, 0.1) is 17.3 Å². The molecule has 4 heterocycles. The summed E-state index contributed by atoms with van der Waals surface area (Å²) in [5.74, 6) is 0.0666. The van der Waals surface area contributed by atoms with Gasteiger partial charge in [-0.3, -0.25) is 9.69 Å². The van der Waals surface area contributed by atoms with E-state index in [0.29, 0.717) is 22.5 Å². The van der Waals surface area contributed by atoms with Crippen LogP contribution in [0.3, 0.4) is 0 Å². The van der Waals surface area contributed by atoms with Crippen LogP contribution in [0.5, 0.6) is 0 Å². The summed E-state index contributed by atoms with van der Waals surface area (Å²) in [6, 6.07) is 13.5. The molecular formula is C34H46ClN5O2. The maximum atomic E-state index is 14.0. The fraction of sp³-hybridized carbons (Fsp3) is 0.618. The van der Waals surface area contributed by atoms with Gasteiger partial charge in [0.1, 0.15) is 5.15 Å². The molecule has 42 heavy (non-hydrogen) atoms. The highest BCUT2D eigenvalue weighted by Crippen LogP contribution is 2.40. The van der Waals surface area contributed by atoms with Crippen LogP contribution in [-0.4, -0.2) is 86.9 Å². The van der Waals surface area contributed by atoms with Crippen molar-refractivity contribution in [3.05, 3.63) is 63.9 Å². The van der Waals surface area contributed by atoms with E-state index in [4.69, 9.17) is 11.6 Å². The van der Waals surface area contributed by atoms with Crippen LogP contribution in [0.2, 0.25) is 5.15 Å². The smallest absolute Gasteiger partial charge is 0.321 e. The van der Waals surface area contributed by atoms with Crippen molar-refractivity contribution >= 4 is 23.5 Å². The van der Waals surface area contributed by atoms with Crippen molar-refractivity contribution in [2.75, 3.05) is 32.7 Å². The summed E-state index contributed by atoms with van der Waals surface area (Å²) in [5.41, 5.74) is 3.60. The van der Waals surface area contributed by atoms with Gasteiger partial charge in [-0.25, -0.2) is 9.78 Å². The zero-order valence-electron chi connectivity index (χ0n) is 25.5. The Labute approximate surface area is 256 Å². The number of carbonyl (C=O) groups excluding carboxylic acids is 2. The van der Waals surface area contributed by atoms with E-state index in [1.807, 2.05) is 18.7 Å². The van der Waals surface area contributed by atoms with Gasteiger partial charge in [-0.2, -0.15) is 0 Å². The Kier molecular flexibility index (Phi) is 8.52.